The number of nitrogens with one attached hydrogen (secondary N) is 1. The molecule has 33 heavy (non-hydrogen) atoms. The van der Waals surface area contributed by atoms with E-state index in [1.54, 1.807) is 12.4 Å². The lowest BCUT2D eigenvalue weighted by molar-refractivity contribution is 0.0929. The molecule has 7 nitrogen and oxygen atoms in total. The van der Waals surface area contributed by atoms with Crippen LogP contribution in [0.5, 0.6) is 0 Å². The number of hydrogen-bond donors (Lipinski definition) is 1. The highest BCUT2D eigenvalue weighted by atomic mass is 16.5. The van der Waals surface area contributed by atoms with Crippen LogP contribution < -0.4 is 10.2 Å². The smallest absolute Gasteiger partial charge is 0.289 e. The van der Waals surface area contributed by atoms with Gasteiger partial charge in [0.1, 0.15) is 0 Å². The second-order valence-electron chi connectivity index (χ2n) is 8.51. The van der Waals surface area contributed by atoms with E-state index in [4.69, 9.17) is 4.74 Å². The van der Waals surface area contributed by atoms with Crippen LogP contribution in [-0.4, -0.2) is 47.2 Å². The summed E-state index contributed by atoms with van der Waals surface area (Å²) in [6, 6.07) is 10.2. The number of aryl methyl sites for hydroxylation is 1. The number of benzene rings is 1. The van der Waals surface area contributed by atoms with Crippen LogP contribution in [0.25, 0.3) is 5.57 Å². The number of nitrogens with zero attached hydrogens (tertiary/aromatic N) is 4. The third-order valence-electron chi connectivity index (χ3n) is 6.18. The minimum absolute atomic E-state index is 0.130. The Balaban J connectivity index is 1.31. The van der Waals surface area contributed by atoms with E-state index in [1.165, 1.54) is 0 Å². The fourth-order valence-corrected chi connectivity index (χ4v) is 4.32. The molecule has 0 unspecified atom stereocenters. The summed E-state index contributed by atoms with van der Waals surface area (Å²) in [5.41, 5.74) is 7.42. The van der Waals surface area contributed by atoms with E-state index in [-0.39, 0.29) is 17.8 Å². The Kier molecular flexibility index (Phi) is 5.88. The van der Waals surface area contributed by atoms with Gasteiger partial charge < -0.3 is 15.0 Å². The van der Waals surface area contributed by atoms with Gasteiger partial charge in [-0.3, -0.25) is 9.78 Å². The van der Waals surface area contributed by atoms with Gasteiger partial charge in [-0.2, -0.15) is 0 Å². The molecule has 2 aliphatic rings. The van der Waals surface area contributed by atoms with E-state index >= 15 is 0 Å². The lowest BCUT2D eigenvalue weighted by Gasteiger charge is -2.29. The van der Waals surface area contributed by atoms with Gasteiger partial charge in [0, 0.05) is 43.0 Å². The van der Waals surface area contributed by atoms with Gasteiger partial charge in [-0.1, -0.05) is 35.9 Å². The summed E-state index contributed by atoms with van der Waals surface area (Å²) in [4.78, 5) is 28.4. The first kappa shape index (κ1) is 21.3. The van der Waals surface area contributed by atoms with Crippen molar-refractivity contribution in [3.8, 4) is 0 Å². The zero-order chi connectivity index (χ0) is 22.8. The fraction of sp³-hybridized carbons (Fsp3) is 0.308. The molecule has 0 bridgehead atoms. The van der Waals surface area contributed by atoms with E-state index in [2.05, 4.69) is 43.4 Å². The van der Waals surface area contributed by atoms with Crippen molar-refractivity contribution < 1.29 is 9.53 Å². The first-order valence-corrected chi connectivity index (χ1v) is 11.3. The number of fused-ring (bicyclic) bond motifs is 1. The molecule has 1 aromatic carbocycles. The maximum atomic E-state index is 12.7. The van der Waals surface area contributed by atoms with Crippen LogP contribution in [0.1, 0.15) is 51.5 Å². The molecule has 0 spiro atoms. The van der Waals surface area contributed by atoms with Gasteiger partial charge >= 0.3 is 0 Å². The van der Waals surface area contributed by atoms with E-state index in [9.17, 15) is 4.79 Å². The lowest BCUT2D eigenvalue weighted by Crippen LogP contribution is -2.36. The van der Waals surface area contributed by atoms with Crippen molar-refractivity contribution in [1.29, 1.82) is 0 Å². The van der Waals surface area contributed by atoms with Crippen LogP contribution in [0.15, 0.2) is 55.0 Å². The summed E-state index contributed by atoms with van der Waals surface area (Å²) < 4.78 is 5.47. The number of hydrogen-bond acceptors (Lipinski definition) is 6. The molecular weight excluding hydrogens is 414 g/mol. The van der Waals surface area contributed by atoms with E-state index in [0.29, 0.717) is 0 Å². The molecule has 1 aliphatic carbocycles. The molecule has 3 heterocycles. The molecule has 168 valence electrons. The monoisotopic (exact) mass is 441 g/mol. The van der Waals surface area contributed by atoms with Crippen molar-refractivity contribution in [2.45, 2.75) is 26.3 Å². The zero-order valence-electron chi connectivity index (χ0n) is 18.9. The number of amides is 1. The number of carbonyl (C=O) groups is 1. The summed E-state index contributed by atoms with van der Waals surface area (Å²) in [5, 5.41) is 2.98. The average molecular weight is 442 g/mol. The van der Waals surface area contributed by atoms with Gasteiger partial charge in [0.15, 0.2) is 0 Å². The number of carbonyl (C=O) groups excluding carboxylic acids is 1. The van der Waals surface area contributed by atoms with Crippen LogP contribution in [0.2, 0.25) is 0 Å². The van der Waals surface area contributed by atoms with E-state index in [0.717, 1.165) is 71.9 Å². The van der Waals surface area contributed by atoms with E-state index in [1.807, 2.05) is 38.2 Å². The summed E-state index contributed by atoms with van der Waals surface area (Å²) in [7, 11) is 0. The normalized spacial score (nSPS) is 16.2. The first-order valence-electron chi connectivity index (χ1n) is 11.3. The molecule has 1 saturated heterocycles. The van der Waals surface area contributed by atoms with Crippen molar-refractivity contribution in [2.24, 2.45) is 0 Å². The minimum Gasteiger partial charge on any atom is -0.378 e. The molecule has 1 amide bonds. The van der Waals surface area contributed by atoms with E-state index < -0.39 is 0 Å². The number of ether oxygens (including phenoxy) is 1. The molecular formula is C26H27N5O2. The van der Waals surface area contributed by atoms with Crippen molar-refractivity contribution in [2.75, 3.05) is 31.2 Å². The van der Waals surface area contributed by atoms with Gasteiger partial charge in [0.05, 0.1) is 36.8 Å². The largest absolute Gasteiger partial charge is 0.378 e. The Labute approximate surface area is 193 Å². The quantitative estimate of drug-likeness (QED) is 0.653. The third-order valence-corrected chi connectivity index (χ3v) is 6.18. The third kappa shape index (κ3) is 4.50. The molecule has 0 saturated carbocycles. The van der Waals surface area contributed by atoms with Gasteiger partial charge in [-0.25, -0.2) is 9.97 Å². The number of rotatable bonds is 5. The fourth-order valence-electron chi connectivity index (χ4n) is 4.32. The van der Waals surface area contributed by atoms with Gasteiger partial charge in [0.25, 0.3) is 5.91 Å². The number of morpholine rings is 1. The Bertz CT molecular complexity index is 1200. The standard InChI is InChI=1S/C26H27N5O2/c1-17-4-3-5-19(12-17)18(2)30-26(32)25-28-14-20(15-29-25)22-6-7-24-23(22)13-21(16-27-24)31-8-10-33-11-9-31/h3-6,12-16,18H,7-11H2,1-2H3,(H,30,32)/t18-/m1/s1. The number of aromatic nitrogens is 3. The van der Waals surface area contributed by atoms with Crippen molar-refractivity contribution >= 4 is 17.2 Å². The molecule has 1 N–H and O–H groups in total. The summed E-state index contributed by atoms with van der Waals surface area (Å²) >= 11 is 0. The maximum absolute atomic E-state index is 12.7. The first-order chi connectivity index (χ1) is 16.1. The Hall–Kier alpha value is -3.58. The highest BCUT2D eigenvalue weighted by molar-refractivity contribution is 5.91. The number of pyridine rings is 1. The van der Waals surface area contributed by atoms with Crippen molar-refractivity contribution in [1.82, 2.24) is 20.3 Å². The molecule has 1 aliphatic heterocycles. The van der Waals surface area contributed by atoms with Crippen LogP contribution in [-0.2, 0) is 11.2 Å². The molecule has 5 rings (SSSR count). The molecule has 2 aromatic heterocycles. The van der Waals surface area contributed by atoms with Crippen LogP contribution in [0, 0.1) is 6.92 Å². The summed E-state index contributed by atoms with van der Waals surface area (Å²) in [6.07, 6.45) is 8.33. The second-order valence-corrected chi connectivity index (χ2v) is 8.51. The molecule has 1 fully saturated rings. The van der Waals surface area contributed by atoms with Gasteiger partial charge in [0.2, 0.25) is 5.82 Å². The summed E-state index contributed by atoms with van der Waals surface area (Å²) in [5.74, 6) is -0.120. The Morgan fingerprint density at radius 1 is 1.09 bits per heavy atom. The molecule has 7 heteroatoms. The second kappa shape index (κ2) is 9.11. The van der Waals surface area contributed by atoms with Crippen LogP contribution in [0.3, 0.4) is 0 Å². The minimum atomic E-state index is -0.285. The topological polar surface area (TPSA) is 80.2 Å². The highest BCUT2D eigenvalue weighted by Crippen LogP contribution is 2.33. The van der Waals surface area contributed by atoms with Crippen molar-refractivity contribution in [3.05, 3.63) is 88.8 Å². The predicted octanol–water partition coefficient (Wildman–Crippen LogP) is 3.50. The number of allylic oxidation sites excluding steroid dienone is 1. The van der Waals surface area contributed by atoms with Crippen LogP contribution in [0.4, 0.5) is 5.69 Å². The molecule has 1 atom stereocenters. The average Bonchev–Trinajstić information content (AvgIpc) is 3.28. The highest BCUT2D eigenvalue weighted by Gasteiger charge is 2.21. The SMILES string of the molecule is Cc1cccc([C@@H](C)NC(=O)c2ncc(C3=CCc4ncc(N5CCOCC5)cc43)cn2)c1. The lowest BCUT2D eigenvalue weighted by atomic mass is 10.0. The molecule has 0 radical (unpaired) electrons. The van der Waals surface area contributed by atoms with Crippen LogP contribution >= 0.6 is 0 Å². The van der Waals surface area contributed by atoms with Crippen molar-refractivity contribution in [3.63, 3.8) is 0 Å². The zero-order valence-corrected chi connectivity index (χ0v) is 18.9. The maximum Gasteiger partial charge on any atom is 0.289 e. The predicted molar refractivity (Wildman–Crippen MR) is 127 cm³/mol. The van der Waals surface area contributed by atoms with Gasteiger partial charge in [-0.05, 0) is 31.1 Å². The number of anilines is 1. The van der Waals surface area contributed by atoms with Gasteiger partial charge in [-0.15, -0.1) is 0 Å². The Morgan fingerprint density at radius 3 is 2.64 bits per heavy atom. The summed E-state index contributed by atoms with van der Waals surface area (Å²) in [6.45, 7) is 7.20. The Morgan fingerprint density at radius 2 is 1.88 bits per heavy atom. The molecule has 3 aromatic rings.